The standard InChI is InChI=1S/C32H25N3O/c1-21-18-22(2)31(36)27(19-21)32-34-30-26(14-9-16-29(30)35(32)25-12-4-3-5-13-25)23-10-8-11-24(20-23)28-15-6-7-17-33-28/h3-20,36H,1-2H3/i3D,4D,5D,12D,13D. The SMILES string of the molecule is [2H]c1c([2H])c([2H])c(-n2c(-c3cc(C)cc(C)c3O)nc3c(-c4cccc(-c5ccccn5)c4)cccc32)c([2H])c1[2H]. The van der Waals surface area contributed by atoms with Crippen LogP contribution in [-0.2, 0) is 0 Å². The third-order valence-electron chi connectivity index (χ3n) is 6.22. The van der Waals surface area contributed by atoms with E-state index >= 15 is 0 Å². The van der Waals surface area contributed by atoms with E-state index in [4.69, 9.17) is 11.8 Å². The van der Waals surface area contributed by atoms with Crippen LogP contribution < -0.4 is 0 Å². The molecule has 0 fully saturated rings. The first-order valence-electron chi connectivity index (χ1n) is 14.1. The van der Waals surface area contributed by atoms with Gasteiger partial charge in [0.2, 0.25) is 0 Å². The quantitative estimate of drug-likeness (QED) is 0.285. The largest absolute Gasteiger partial charge is 0.507 e. The third-order valence-corrected chi connectivity index (χ3v) is 6.22. The van der Waals surface area contributed by atoms with Crippen LogP contribution in [0.25, 0.3) is 50.5 Å². The van der Waals surface area contributed by atoms with Crippen molar-refractivity contribution in [1.82, 2.24) is 14.5 Å². The first kappa shape index (κ1) is 16.8. The van der Waals surface area contributed by atoms with Gasteiger partial charge >= 0.3 is 0 Å². The number of benzene rings is 4. The molecule has 0 atom stereocenters. The number of para-hydroxylation sites is 2. The highest BCUT2D eigenvalue weighted by atomic mass is 16.3. The molecule has 0 aliphatic rings. The minimum Gasteiger partial charge on any atom is -0.507 e. The maximum Gasteiger partial charge on any atom is 0.149 e. The van der Waals surface area contributed by atoms with Gasteiger partial charge in [-0.15, -0.1) is 0 Å². The van der Waals surface area contributed by atoms with Crippen molar-refractivity contribution < 1.29 is 12.0 Å². The van der Waals surface area contributed by atoms with Crippen molar-refractivity contribution in [2.24, 2.45) is 0 Å². The van der Waals surface area contributed by atoms with Gasteiger partial charge in [0.05, 0.1) is 29.1 Å². The second-order valence-electron chi connectivity index (χ2n) is 8.69. The lowest BCUT2D eigenvalue weighted by Crippen LogP contribution is -1.98. The van der Waals surface area contributed by atoms with Crippen LogP contribution in [0.5, 0.6) is 5.75 Å². The predicted octanol–water partition coefficient (Wildman–Crippen LogP) is 7.74. The van der Waals surface area contributed by atoms with E-state index in [0.717, 1.165) is 27.9 Å². The summed E-state index contributed by atoms with van der Waals surface area (Å²) in [5.41, 5.74) is 6.41. The molecule has 6 rings (SSSR count). The first-order valence-corrected chi connectivity index (χ1v) is 11.6. The number of phenols is 1. The third kappa shape index (κ3) is 3.73. The molecule has 1 N–H and O–H groups in total. The second kappa shape index (κ2) is 8.82. The summed E-state index contributed by atoms with van der Waals surface area (Å²) in [4.78, 5) is 9.47. The average molecular weight is 473 g/mol. The number of pyridine rings is 1. The molecule has 0 saturated carbocycles. The van der Waals surface area contributed by atoms with E-state index in [2.05, 4.69) is 4.98 Å². The molecule has 0 aliphatic carbocycles. The highest BCUT2D eigenvalue weighted by molar-refractivity contribution is 5.96. The summed E-state index contributed by atoms with van der Waals surface area (Å²) in [7, 11) is 0. The van der Waals surface area contributed by atoms with Gasteiger partial charge in [-0.3, -0.25) is 9.55 Å². The van der Waals surface area contributed by atoms with Gasteiger partial charge in [-0.1, -0.05) is 60.6 Å². The van der Waals surface area contributed by atoms with Crippen LogP contribution >= 0.6 is 0 Å². The van der Waals surface area contributed by atoms with Crippen LogP contribution in [-0.4, -0.2) is 19.6 Å². The molecule has 2 heterocycles. The summed E-state index contributed by atoms with van der Waals surface area (Å²) in [6.45, 7) is 3.69. The molecule has 0 saturated heterocycles. The fourth-order valence-electron chi connectivity index (χ4n) is 4.60. The van der Waals surface area contributed by atoms with E-state index in [1.54, 1.807) is 29.8 Å². The Balaban J connectivity index is 1.71. The Hall–Kier alpha value is -4.70. The molecule has 0 spiro atoms. The Kier molecular flexibility index (Phi) is 4.13. The minimum atomic E-state index is -0.476. The number of aryl methyl sites for hydroxylation is 2. The fourth-order valence-corrected chi connectivity index (χ4v) is 4.60. The summed E-state index contributed by atoms with van der Waals surface area (Å²) in [6, 6.07) is 20.8. The van der Waals surface area contributed by atoms with E-state index in [1.165, 1.54) is 0 Å². The van der Waals surface area contributed by atoms with Gasteiger partial charge in [0.15, 0.2) is 0 Å². The Bertz CT molecular complexity index is 1960. The number of aromatic hydroxyl groups is 1. The summed E-state index contributed by atoms with van der Waals surface area (Å²) in [5, 5.41) is 11.2. The Morgan fingerprint density at radius 3 is 2.42 bits per heavy atom. The lowest BCUT2D eigenvalue weighted by molar-refractivity contribution is 0.472. The molecule has 0 aliphatic heterocycles. The fraction of sp³-hybridized carbons (Fsp3) is 0.0625. The van der Waals surface area contributed by atoms with Crippen LogP contribution in [0, 0.1) is 13.8 Å². The molecule has 0 radical (unpaired) electrons. The van der Waals surface area contributed by atoms with Gasteiger partial charge in [-0.2, -0.15) is 0 Å². The molecular formula is C32H25N3O. The highest BCUT2D eigenvalue weighted by Gasteiger charge is 2.20. The minimum absolute atomic E-state index is 0.0122. The number of fused-ring (bicyclic) bond motifs is 1. The monoisotopic (exact) mass is 472 g/mol. The van der Waals surface area contributed by atoms with E-state index in [0.29, 0.717) is 22.2 Å². The van der Waals surface area contributed by atoms with Crippen LogP contribution in [0.2, 0.25) is 0 Å². The molecular weight excluding hydrogens is 442 g/mol. The van der Waals surface area contributed by atoms with Crippen molar-refractivity contribution >= 4 is 11.0 Å². The molecule has 174 valence electrons. The van der Waals surface area contributed by atoms with Crippen LogP contribution in [0.3, 0.4) is 0 Å². The average Bonchev–Trinajstić information content (AvgIpc) is 3.36. The maximum atomic E-state index is 11.2. The highest BCUT2D eigenvalue weighted by Crippen LogP contribution is 2.39. The molecule has 2 aromatic heterocycles. The second-order valence-corrected chi connectivity index (χ2v) is 8.69. The van der Waals surface area contributed by atoms with Crippen molar-refractivity contribution in [2.45, 2.75) is 13.8 Å². The van der Waals surface area contributed by atoms with Gasteiger partial charge < -0.3 is 5.11 Å². The van der Waals surface area contributed by atoms with E-state index in [1.807, 2.05) is 67.6 Å². The summed E-state index contributed by atoms with van der Waals surface area (Å²) < 4.78 is 43.8. The van der Waals surface area contributed by atoms with Gasteiger partial charge in [0.1, 0.15) is 11.6 Å². The smallest absolute Gasteiger partial charge is 0.149 e. The van der Waals surface area contributed by atoms with E-state index in [9.17, 15) is 5.11 Å². The Labute approximate surface area is 217 Å². The van der Waals surface area contributed by atoms with Gasteiger partial charge in [0.25, 0.3) is 0 Å². The van der Waals surface area contributed by atoms with Crippen molar-refractivity contribution in [2.75, 3.05) is 0 Å². The Morgan fingerprint density at radius 1 is 0.806 bits per heavy atom. The number of hydrogen-bond donors (Lipinski definition) is 1. The van der Waals surface area contributed by atoms with Crippen molar-refractivity contribution in [1.29, 1.82) is 0 Å². The van der Waals surface area contributed by atoms with Crippen molar-refractivity contribution in [3.05, 3.63) is 120 Å². The molecule has 4 nitrogen and oxygen atoms in total. The molecule has 36 heavy (non-hydrogen) atoms. The molecule has 4 heteroatoms. The zero-order valence-corrected chi connectivity index (χ0v) is 19.8. The molecule has 0 bridgehead atoms. The number of nitrogens with zero attached hydrogens (tertiary/aromatic N) is 3. The number of hydrogen-bond acceptors (Lipinski definition) is 3. The zero-order chi connectivity index (χ0) is 29.0. The maximum absolute atomic E-state index is 11.2. The van der Waals surface area contributed by atoms with E-state index in [-0.39, 0.29) is 29.3 Å². The topological polar surface area (TPSA) is 50.9 Å². The normalized spacial score (nSPS) is 13.1. The predicted molar refractivity (Wildman–Crippen MR) is 146 cm³/mol. The first-order chi connectivity index (χ1) is 19.7. The number of aromatic nitrogens is 3. The molecule has 0 unspecified atom stereocenters. The molecule has 6 aromatic rings. The van der Waals surface area contributed by atoms with Crippen LogP contribution in [0.15, 0.2) is 109 Å². The summed E-state index contributed by atoms with van der Waals surface area (Å²) in [5.74, 6) is 0.286. The molecule has 0 amide bonds. The van der Waals surface area contributed by atoms with Crippen LogP contribution in [0.4, 0.5) is 0 Å². The van der Waals surface area contributed by atoms with E-state index < -0.39 is 18.1 Å². The van der Waals surface area contributed by atoms with Gasteiger partial charge in [-0.25, -0.2) is 4.98 Å². The summed E-state index contributed by atoms with van der Waals surface area (Å²) >= 11 is 0. The lowest BCUT2D eigenvalue weighted by Gasteiger charge is -2.12. The number of imidazole rings is 1. The zero-order valence-electron chi connectivity index (χ0n) is 24.8. The number of phenolic OH excluding ortho intramolecular Hbond substituents is 1. The van der Waals surface area contributed by atoms with Crippen LogP contribution in [0.1, 0.15) is 18.0 Å². The molecule has 4 aromatic carbocycles. The number of rotatable bonds is 4. The summed E-state index contributed by atoms with van der Waals surface area (Å²) in [6.07, 6.45) is 1.74. The Morgan fingerprint density at radius 2 is 1.61 bits per heavy atom. The van der Waals surface area contributed by atoms with Gasteiger partial charge in [-0.05, 0) is 73.0 Å². The van der Waals surface area contributed by atoms with Crippen molar-refractivity contribution in [3.63, 3.8) is 0 Å². The van der Waals surface area contributed by atoms with Gasteiger partial charge in [0, 0.05) is 23.0 Å². The lowest BCUT2D eigenvalue weighted by atomic mass is 10.0. The van der Waals surface area contributed by atoms with Crippen molar-refractivity contribution in [3.8, 4) is 45.2 Å².